The topological polar surface area (TPSA) is 75.2 Å². The molecule has 0 saturated heterocycles. The number of nitrogens with zero attached hydrogens (tertiary/aromatic N) is 2. The second-order valence-electron chi connectivity index (χ2n) is 6.59. The van der Waals surface area contributed by atoms with Crippen molar-refractivity contribution in [2.24, 2.45) is 0 Å². The fourth-order valence-corrected chi connectivity index (χ4v) is 4.83. The van der Waals surface area contributed by atoms with Gasteiger partial charge in [0.25, 0.3) is 0 Å². The standard InChI is InChI=1S/C20H21N3O3S/c1-2-15-7-9-17(10-8-15)27(25,26)22-13-11-16(12-14-22)23-19-6-4-3-5-18(19)21-20(23)24/h3-11H,2,12-14H2,1H3,(H,21,24). The van der Waals surface area contributed by atoms with Crippen LogP contribution >= 0.6 is 0 Å². The van der Waals surface area contributed by atoms with Crippen LogP contribution in [0.3, 0.4) is 0 Å². The van der Waals surface area contributed by atoms with Gasteiger partial charge < -0.3 is 4.98 Å². The fourth-order valence-electron chi connectivity index (χ4n) is 3.45. The lowest BCUT2D eigenvalue weighted by Crippen LogP contribution is -2.36. The predicted octanol–water partition coefficient (Wildman–Crippen LogP) is 2.83. The summed E-state index contributed by atoms with van der Waals surface area (Å²) in [6.45, 7) is 2.63. The molecule has 2 aromatic carbocycles. The lowest BCUT2D eigenvalue weighted by Gasteiger charge is -2.26. The molecule has 0 bridgehead atoms. The van der Waals surface area contributed by atoms with Gasteiger partial charge >= 0.3 is 5.69 Å². The number of hydrogen-bond acceptors (Lipinski definition) is 3. The maximum Gasteiger partial charge on any atom is 0.330 e. The van der Waals surface area contributed by atoms with Gasteiger partial charge in [0.1, 0.15) is 0 Å². The second kappa shape index (κ2) is 6.83. The highest BCUT2D eigenvalue weighted by atomic mass is 32.2. The molecule has 27 heavy (non-hydrogen) atoms. The first-order chi connectivity index (χ1) is 13.0. The van der Waals surface area contributed by atoms with E-state index in [0.717, 1.165) is 28.7 Å². The first-order valence-electron chi connectivity index (χ1n) is 8.99. The van der Waals surface area contributed by atoms with E-state index in [0.29, 0.717) is 17.9 Å². The van der Waals surface area contributed by atoms with Gasteiger partial charge in [-0.05, 0) is 42.3 Å². The molecule has 0 fully saturated rings. The Balaban J connectivity index is 1.62. The number of aromatic nitrogens is 2. The first kappa shape index (κ1) is 17.8. The highest BCUT2D eigenvalue weighted by Gasteiger charge is 2.27. The molecule has 1 aliphatic rings. The number of aromatic amines is 1. The average Bonchev–Trinajstić information content (AvgIpc) is 3.04. The predicted molar refractivity (Wildman–Crippen MR) is 106 cm³/mol. The zero-order valence-electron chi connectivity index (χ0n) is 15.1. The van der Waals surface area contributed by atoms with E-state index < -0.39 is 10.0 Å². The van der Waals surface area contributed by atoms with E-state index in [-0.39, 0.29) is 12.2 Å². The van der Waals surface area contributed by atoms with E-state index in [1.54, 1.807) is 16.7 Å². The van der Waals surface area contributed by atoms with Crippen molar-refractivity contribution in [2.75, 3.05) is 13.1 Å². The maximum absolute atomic E-state index is 12.9. The summed E-state index contributed by atoms with van der Waals surface area (Å²) < 4.78 is 28.9. The van der Waals surface area contributed by atoms with Crippen LogP contribution in [0.4, 0.5) is 0 Å². The van der Waals surface area contributed by atoms with E-state index in [1.165, 1.54) is 4.31 Å². The quantitative estimate of drug-likeness (QED) is 0.753. The summed E-state index contributed by atoms with van der Waals surface area (Å²) >= 11 is 0. The number of sulfonamides is 1. The molecule has 4 rings (SSSR count). The minimum atomic E-state index is -3.54. The smallest absolute Gasteiger partial charge is 0.305 e. The molecule has 0 unspecified atom stereocenters. The van der Waals surface area contributed by atoms with Gasteiger partial charge in [0.05, 0.1) is 15.9 Å². The summed E-state index contributed by atoms with van der Waals surface area (Å²) in [6.07, 6.45) is 3.17. The highest BCUT2D eigenvalue weighted by molar-refractivity contribution is 7.89. The van der Waals surface area contributed by atoms with Crippen molar-refractivity contribution in [3.8, 4) is 0 Å². The van der Waals surface area contributed by atoms with Crippen LogP contribution in [0, 0.1) is 0 Å². The monoisotopic (exact) mass is 383 g/mol. The maximum atomic E-state index is 12.9. The van der Waals surface area contributed by atoms with Crippen molar-refractivity contribution in [1.29, 1.82) is 0 Å². The van der Waals surface area contributed by atoms with Crippen LogP contribution in [0.5, 0.6) is 0 Å². The lowest BCUT2D eigenvalue weighted by molar-refractivity contribution is 0.438. The molecule has 1 aliphatic heterocycles. The van der Waals surface area contributed by atoms with Crippen LogP contribution in [0.1, 0.15) is 18.9 Å². The van der Waals surface area contributed by atoms with Gasteiger partial charge in [0.2, 0.25) is 10.0 Å². The third kappa shape index (κ3) is 3.13. The zero-order valence-corrected chi connectivity index (χ0v) is 15.9. The number of aryl methyl sites for hydroxylation is 1. The van der Waals surface area contributed by atoms with E-state index in [4.69, 9.17) is 0 Å². The molecule has 7 heteroatoms. The van der Waals surface area contributed by atoms with Gasteiger partial charge in [-0.25, -0.2) is 13.2 Å². The van der Waals surface area contributed by atoms with E-state index in [2.05, 4.69) is 4.98 Å². The Hall–Kier alpha value is -2.64. The number of H-pyrrole nitrogens is 1. The number of benzene rings is 2. The summed E-state index contributed by atoms with van der Waals surface area (Å²) in [7, 11) is -3.54. The SMILES string of the molecule is CCc1ccc(S(=O)(=O)N2CC=C(n3c(=O)[nH]c4ccccc43)CC2)cc1. The lowest BCUT2D eigenvalue weighted by atomic mass is 10.2. The average molecular weight is 383 g/mol. The van der Waals surface area contributed by atoms with Crippen molar-refractivity contribution < 1.29 is 8.42 Å². The third-order valence-electron chi connectivity index (χ3n) is 4.99. The van der Waals surface area contributed by atoms with Gasteiger partial charge in [-0.15, -0.1) is 0 Å². The Morgan fingerprint density at radius 3 is 2.48 bits per heavy atom. The highest BCUT2D eigenvalue weighted by Crippen LogP contribution is 2.24. The van der Waals surface area contributed by atoms with E-state index in [9.17, 15) is 13.2 Å². The van der Waals surface area contributed by atoms with E-state index >= 15 is 0 Å². The summed E-state index contributed by atoms with van der Waals surface area (Å²) in [5, 5.41) is 0. The Kier molecular flexibility index (Phi) is 4.49. The van der Waals surface area contributed by atoms with Crippen LogP contribution in [0.25, 0.3) is 16.7 Å². The summed E-state index contributed by atoms with van der Waals surface area (Å²) in [5.74, 6) is 0. The summed E-state index contributed by atoms with van der Waals surface area (Å²) in [6, 6.07) is 14.5. The molecule has 140 valence electrons. The molecule has 0 aliphatic carbocycles. The van der Waals surface area contributed by atoms with Crippen molar-refractivity contribution >= 4 is 26.8 Å². The van der Waals surface area contributed by atoms with Crippen molar-refractivity contribution in [2.45, 2.75) is 24.7 Å². The van der Waals surface area contributed by atoms with Crippen LogP contribution in [0.15, 0.2) is 64.3 Å². The molecule has 0 amide bonds. The summed E-state index contributed by atoms with van der Waals surface area (Å²) in [4.78, 5) is 15.5. The van der Waals surface area contributed by atoms with Crippen LogP contribution < -0.4 is 5.69 Å². The number of imidazole rings is 1. The largest absolute Gasteiger partial charge is 0.330 e. The molecule has 0 atom stereocenters. The van der Waals surface area contributed by atoms with Crippen LogP contribution in [0.2, 0.25) is 0 Å². The normalized spacial score (nSPS) is 15.8. The second-order valence-corrected chi connectivity index (χ2v) is 8.53. The minimum Gasteiger partial charge on any atom is -0.305 e. The number of nitrogens with one attached hydrogen (secondary N) is 1. The molecule has 1 N–H and O–H groups in total. The molecular weight excluding hydrogens is 362 g/mol. The Labute approximate surface area is 157 Å². The van der Waals surface area contributed by atoms with Gasteiger partial charge in [-0.2, -0.15) is 4.31 Å². The Morgan fingerprint density at radius 1 is 1.07 bits per heavy atom. The van der Waals surface area contributed by atoms with Gasteiger partial charge in [-0.1, -0.05) is 31.2 Å². The number of para-hydroxylation sites is 2. The van der Waals surface area contributed by atoms with Gasteiger partial charge in [0.15, 0.2) is 0 Å². The van der Waals surface area contributed by atoms with Crippen molar-refractivity contribution in [1.82, 2.24) is 13.9 Å². The molecule has 2 heterocycles. The Morgan fingerprint density at radius 2 is 1.81 bits per heavy atom. The Bertz CT molecular complexity index is 1170. The summed E-state index contributed by atoms with van der Waals surface area (Å²) in [5.41, 5.74) is 3.31. The van der Waals surface area contributed by atoms with Gasteiger partial charge in [-0.3, -0.25) is 4.57 Å². The van der Waals surface area contributed by atoms with Crippen molar-refractivity contribution in [3.05, 3.63) is 70.7 Å². The third-order valence-corrected chi connectivity index (χ3v) is 6.87. The number of rotatable bonds is 4. The fraction of sp³-hybridized carbons (Fsp3) is 0.250. The zero-order chi connectivity index (χ0) is 19.0. The molecule has 0 radical (unpaired) electrons. The molecule has 0 saturated carbocycles. The molecule has 6 nitrogen and oxygen atoms in total. The van der Waals surface area contributed by atoms with Crippen LogP contribution in [-0.4, -0.2) is 35.4 Å². The number of hydrogen-bond donors (Lipinski definition) is 1. The molecular formula is C20H21N3O3S. The molecule has 1 aromatic heterocycles. The molecule has 0 spiro atoms. The minimum absolute atomic E-state index is 0.200. The number of fused-ring (bicyclic) bond motifs is 1. The first-order valence-corrected chi connectivity index (χ1v) is 10.4. The molecule has 3 aromatic rings. The van der Waals surface area contributed by atoms with Crippen molar-refractivity contribution in [3.63, 3.8) is 0 Å². The van der Waals surface area contributed by atoms with Crippen LogP contribution in [-0.2, 0) is 16.4 Å². The van der Waals surface area contributed by atoms with Gasteiger partial charge in [0, 0.05) is 25.2 Å². The van der Waals surface area contributed by atoms with E-state index in [1.807, 2.05) is 49.4 Å².